The van der Waals surface area contributed by atoms with Crippen LogP contribution in [0.15, 0.2) is 0 Å². The highest BCUT2D eigenvalue weighted by Gasteiger charge is 2.41. The van der Waals surface area contributed by atoms with E-state index in [9.17, 15) is 4.79 Å². The molecular formula is C13H22N2O2. The first-order valence-electron chi connectivity index (χ1n) is 6.49. The zero-order valence-electron chi connectivity index (χ0n) is 10.5. The molecule has 1 aliphatic carbocycles. The van der Waals surface area contributed by atoms with E-state index < -0.39 is 5.41 Å². The second-order valence-corrected chi connectivity index (χ2v) is 4.90. The highest BCUT2D eigenvalue weighted by molar-refractivity contribution is 5.85. The van der Waals surface area contributed by atoms with Crippen molar-refractivity contribution in [2.75, 3.05) is 13.2 Å². The third-order valence-electron chi connectivity index (χ3n) is 3.77. The Morgan fingerprint density at radius 3 is 2.65 bits per heavy atom. The van der Waals surface area contributed by atoms with Crippen molar-refractivity contribution in [2.24, 2.45) is 11.3 Å². The van der Waals surface area contributed by atoms with E-state index in [0.717, 1.165) is 19.3 Å². The van der Waals surface area contributed by atoms with Crippen LogP contribution in [0.4, 0.5) is 0 Å². The molecule has 1 saturated carbocycles. The monoisotopic (exact) mass is 238 g/mol. The minimum absolute atomic E-state index is 0.117. The molecule has 17 heavy (non-hydrogen) atoms. The average Bonchev–Trinajstić information content (AvgIpc) is 2.84. The summed E-state index contributed by atoms with van der Waals surface area (Å²) in [6.07, 6.45) is 4.94. The van der Waals surface area contributed by atoms with Gasteiger partial charge in [0.15, 0.2) is 0 Å². The minimum atomic E-state index is -0.780. The Kier molecular flexibility index (Phi) is 5.43. The number of nitriles is 1. The number of nitrogens with one attached hydrogen (secondary N) is 1. The van der Waals surface area contributed by atoms with E-state index in [1.807, 2.05) is 6.92 Å². The maximum atomic E-state index is 12.0. The first-order valence-corrected chi connectivity index (χ1v) is 6.49. The van der Waals surface area contributed by atoms with E-state index in [4.69, 9.17) is 10.4 Å². The van der Waals surface area contributed by atoms with Gasteiger partial charge in [0.1, 0.15) is 5.41 Å². The SMILES string of the molecule is CCC(CCO)CNC(=O)C1(C#N)CCCC1. The van der Waals surface area contributed by atoms with Crippen LogP contribution >= 0.6 is 0 Å². The number of aliphatic hydroxyl groups is 1. The average molecular weight is 238 g/mol. The highest BCUT2D eigenvalue weighted by atomic mass is 16.3. The molecule has 0 aromatic rings. The molecule has 0 bridgehead atoms. The van der Waals surface area contributed by atoms with E-state index >= 15 is 0 Å². The fourth-order valence-electron chi connectivity index (χ4n) is 2.41. The molecule has 1 aliphatic rings. The molecular weight excluding hydrogens is 216 g/mol. The van der Waals surface area contributed by atoms with Crippen molar-refractivity contribution < 1.29 is 9.90 Å². The second kappa shape index (κ2) is 6.61. The van der Waals surface area contributed by atoms with Crippen molar-refractivity contribution in [3.8, 4) is 6.07 Å². The first kappa shape index (κ1) is 14.0. The van der Waals surface area contributed by atoms with Crippen LogP contribution in [0.1, 0.15) is 45.4 Å². The minimum Gasteiger partial charge on any atom is -0.396 e. The first-order chi connectivity index (χ1) is 8.18. The standard InChI is InChI=1S/C13H22N2O2/c1-2-11(5-8-16)9-15-12(17)13(10-14)6-3-4-7-13/h11,16H,2-9H2,1H3,(H,15,17). The zero-order chi connectivity index (χ0) is 12.7. The molecule has 1 amide bonds. The molecule has 1 fully saturated rings. The van der Waals surface area contributed by atoms with E-state index in [-0.39, 0.29) is 12.5 Å². The van der Waals surface area contributed by atoms with Gasteiger partial charge in [0, 0.05) is 13.2 Å². The topological polar surface area (TPSA) is 73.1 Å². The number of amides is 1. The summed E-state index contributed by atoms with van der Waals surface area (Å²) in [5.41, 5.74) is -0.780. The van der Waals surface area contributed by atoms with E-state index in [1.165, 1.54) is 0 Å². The fourth-order valence-corrected chi connectivity index (χ4v) is 2.41. The van der Waals surface area contributed by atoms with Crippen molar-refractivity contribution in [3.63, 3.8) is 0 Å². The van der Waals surface area contributed by atoms with Gasteiger partial charge in [0.05, 0.1) is 6.07 Å². The van der Waals surface area contributed by atoms with Crippen molar-refractivity contribution in [2.45, 2.75) is 45.4 Å². The Balaban J connectivity index is 2.46. The van der Waals surface area contributed by atoms with Crippen LogP contribution in [0.2, 0.25) is 0 Å². The fraction of sp³-hybridized carbons (Fsp3) is 0.846. The number of nitrogens with zero attached hydrogens (tertiary/aromatic N) is 1. The molecule has 1 unspecified atom stereocenters. The van der Waals surface area contributed by atoms with Crippen molar-refractivity contribution in [3.05, 3.63) is 0 Å². The molecule has 4 heteroatoms. The summed E-state index contributed by atoms with van der Waals surface area (Å²) in [4.78, 5) is 12.0. The zero-order valence-corrected chi connectivity index (χ0v) is 10.5. The van der Waals surface area contributed by atoms with Crippen molar-refractivity contribution in [1.29, 1.82) is 5.26 Å². The third-order valence-corrected chi connectivity index (χ3v) is 3.77. The van der Waals surface area contributed by atoms with Gasteiger partial charge in [-0.2, -0.15) is 5.26 Å². The Labute approximate surface area is 103 Å². The van der Waals surface area contributed by atoms with Crippen LogP contribution in [0, 0.1) is 22.7 Å². The largest absolute Gasteiger partial charge is 0.396 e. The molecule has 0 aliphatic heterocycles. The smallest absolute Gasteiger partial charge is 0.240 e. The van der Waals surface area contributed by atoms with Gasteiger partial charge in [0.25, 0.3) is 0 Å². The lowest BCUT2D eigenvalue weighted by molar-refractivity contribution is -0.128. The number of carbonyl (C=O) groups excluding carboxylic acids is 1. The molecule has 1 rings (SSSR count). The predicted octanol–water partition coefficient (Wildman–Crippen LogP) is 1.60. The summed E-state index contributed by atoms with van der Waals surface area (Å²) in [5.74, 6) is 0.190. The summed E-state index contributed by atoms with van der Waals surface area (Å²) in [6.45, 7) is 2.76. The van der Waals surface area contributed by atoms with Crippen LogP contribution in [0.5, 0.6) is 0 Å². The lowest BCUT2D eigenvalue weighted by Gasteiger charge is -2.21. The quantitative estimate of drug-likeness (QED) is 0.738. The Hall–Kier alpha value is -1.08. The van der Waals surface area contributed by atoms with Crippen LogP contribution in [-0.2, 0) is 4.79 Å². The Bertz CT molecular complexity index is 290. The normalized spacial score (nSPS) is 19.6. The highest BCUT2D eigenvalue weighted by Crippen LogP contribution is 2.37. The predicted molar refractivity (Wildman–Crippen MR) is 65.0 cm³/mol. The third kappa shape index (κ3) is 3.44. The van der Waals surface area contributed by atoms with E-state index in [2.05, 4.69) is 11.4 Å². The van der Waals surface area contributed by atoms with Crippen LogP contribution < -0.4 is 5.32 Å². The van der Waals surface area contributed by atoms with Crippen molar-refractivity contribution >= 4 is 5.91 Å². The van der Waals surface area contributed by atoms with Gasteiger partial charge in [-0.1, -0.05) is 26.2 Å². The summed E-state index contributed by atoms with van der Waals surface area (Å²) in [7, 11) is 0. The van der Waals surface area contributed by atoms with Crippen LogP contribution in [0.25, 0.3) is 0 Å². The van der Waals surface area contributed by atoms with Gasteiger partial charge < -0.3 is 10.4 Å². The van der Waals surface area contributed by atoms with Crippen LogP contribution in [-0.4, -0.2) is 24.2 Å². The molecule has 1 atom stereocenters. The molecule has 0 aromatic heterocycles. The lowest BCUT2D eigenvalue weighted by atomic mass is 9.87. The van der Waals surface area contributed by atoms with Gasteiger partial charge >= 0.3 is 0 Å². The number of rotatable bonds is 6. The summed E-state index contributed by atoms with van der Waals surface area (Å²) < 4.78 is 0. The van der Waals surface area contributed by atoms with Gasteiger partial charge in [-0.25, -0.2) is 0 Å². The molecule has 0 saturated heterocycles. The molecule has 4 nitrogen and oxygen atoms in total. The van der Waals surface area contributed by atoms with Gasteiger partial charge in [0.2, 0.25) is 5.91 Å². The molecule has 0 aromatic carbocycles. The number of aliphatic hydroxyl groups excluding tert-OH is 1. The summed E-state index contributed by atoms with van der Waals surface area (Å²) in [6, 6.07) is 2.19. The maximum Gasteiger partial charge on any atom is 0.240 e. The van der Waals surface area contributed by atoms with Gasteiger partial charge in [-0.15, -0.1) is 0 Å². The molecule has 96 valence electrons. The van der Waals surface area contributed by atoms with Gasteiger partial charge in [-0.05, 0) is 25.2 Å². The number of hydrogen-bond donors (Lipinski definition) is 2. The molecule has 0 radical (unpaired) electrons. The second-order valence-electron chi connectivity index (χ2n) is 4.90. The van der Waals surface area contributed by atoms with Crippen LogP contribution in [0.3, 0.4) is 0 Å². The number of hydrogen-bond acceptors (Lipinski definition) is 3. The van der Waals surface area contributed by atoms with E-state index in [0.29, 0.717) is 31.7 Å². The Morgan fingerprint density at radius 1 is 1.53 bits per heavy atom. The van der Waals surface area contributed by atoms with E-state index in [1.54, 1.807) is 0 Å². The lowest BCUT2D eigenvalue weighted by Crippen LogP contribution is -2.40. The molecule has 2 N–H and O–H groups in total. The summed E-state index contributed by atoms with van der Waals surface area (Å²) in [5, 5.41) is 20.9. The molecule has 0 heterocycles. The summed E-state index contributed by atoms with van der Waals surface area (Å²) >= 11 is 0. The van der Waals surface area contributed by atoms with Gasteiger partial charge in [-0.3, -0.25) is 4.79 Å². The van der Waals surface area contributed by atoms with Crippen molar-refractivity contribution in [1.82, 2.24) is 5.32 Å². The number of carbonyl (C=O) groups is 1. The molecule has 0 spiro atoms. The maximum absolute atomic E-state index is 12.0. The Morgan fingerprint density at radius 2 is 2.18 bits per heavy atom.